The zero-order valence-electron chi connectivity index (χ0n) is 26.0. The van der Waals surface area contributed by atoms with Crippen LogP contribution < -0.4 is 13.8 Å². The molecule has 252 valence electrons. The third kappa shape index (κ3) is 5.80. The number of nitrogens with zero attached hydrogens (tertiary/aromatic N) is 3. The smallest absolute Gasteiger partial charge is 0.497 e. The quantitative estimate of drug-likeness (QED) is 0.273. The van der Waals surface area contributed by atoms with Gasteiger partial charge in [0.15, 0.2) is 11.3 Å². The molecule has 47 heavy (non-hydrogen) atoms. The van der Waals surface area contributed by atoms with Gasteiger partial charge in [-0.25, -0.2) is 17.1 Å². The molecule has 9 nitrogen and oxygen atoms in total. The van der Waals surface area contributed by atoms with Crippen molar-refractivity contribution in [1.82, 2.24) is 9.80 Å². The zero-order chi connectivity index (χ0) is 34.6. The summed E-state index contributed by atoms with van der Waals surface area (Å²) in [7, 11) is -1.08. The summed E-state index contributed by atoms with van der Waals surface area (Å²) in [5.41, 5.74) is -1.50. The second kappa shape index (κ2) is 12.3. The Balaban J connectivity index is 1.87. The minimum Gasteiger partial charge on any atom is -0.497 e. The van der Waals surface area contributed by atoms with E-state index in [1.54, 1.807) is 24.3 Å². The SMILES string of the molecule is COc1ccc(S(=O)(=O)N2C(=O)C(c3ccccc3C(C)C)(N3C[C@H](F)C[C@H]3C(=O)N(C)C)c3cc(Cl)ccc32)c(OC(F)(F)F)c1. The first-order valence-electron chi connectivity index (χ1n) is 14.5. The van der Waals surface area contributed by atoms with Gasteiger partial charge in [0.25, 0.3) is 15.9 Å². The molecule has 2 heterocycles. The molecule has 0 N–H and O–H groups in total. The topological polar surface area (TPSA) is 96.5 Å². The molecule has 5 rings (SSSR count). The number of hydrogen-bond acceptors (Lipinski definition) is 7. The first-order chi connectivity index (χ1) is 21.9. The number of likely N-dealkylation sites (tertiary alicyclic amines) is 1. The minimum atomic E-state index is -5.30. The van der Waals surface area contributed by atoms with Crippen molar-refractivity contribution >= 4 is 39.1 Å². The molecule has 1 saturated heterocycles. The molecular weight excluding hydrogens is 666 g/mol. The highest BCUT2D eigenvalue weighted by molar-refractivity contribution is 7.93. The Hall–Kier alpha value is -3.88. The number of carbonyl (C=O) groups excluding carboxylic acids is 2. The minimum absolute atomic E-state index is 0.0177. The Bertz CT molecular complexity index is 1840. The van der Waals surface area contributed by atoms with E-state index in [0.29, 0.717) is 9.87 Å². The maximum atomic E-state index is 15.5. The van der Waals surface area contributed by atoms with Gasteiger partial charge in [-0.15, -0.1) is 13.2 Å². The third-order valence-corrected chi connectivity index (χ3v) is 10.3. The van der Waals surface area contributed by atoms with Gasteiger partial charge in [0, 0.05) is 43.7 Å². The van der Waals surface area contributed by atoms with Crippen molar-refractivity contribution in [3.8, 4) is 11.5 Å². The maximum absolute atomic E-state index is 15.5. The summed E-state index contributed by atoms with van der Waals surface area (Å²) in [6.45, 7) is 3.26. The number of anilines is 1. The Morgan fingerprint density at radius 1 is 1.06 bits per heavy atom. The van der Waals surface area contributed by atoms with E-state index in [1.807, 2.05) is 13.8 Å². The zero-order valence-corrected chi connectivity index (χ0v) is 27.6. The number of benzene rings is 3. The van der Waals surface area contributed by atoms with E-state index in [9.17, 15) is 26.4 Å². The fraction of sp³-hybridized carbons (Fsp3) is 0.375. The monoisotopic (exact) mass is 697 g/mol. The molecule has 0 aromatic heterocycles. The molecule has 3 atom stereocenters. The average molecular weight is 698 g/mol. The highest BCUT2D eigenvalue weighted by Gasteiger charge is 2.64. The number of likely N-dealkylation sites (N-methyl/N-ethyl adjacent to an activating group) is 1. The van der Waals surface area contributed by atoms with Crippen molar-refractivity contribution in [2.45, 2.75) is 55.2 Å². The van der Waals surface area contributed by atoms with Crippen LogP contribution in [0.15, 0.2) is 65.6 Å². The summed E-state index contributed by atoms with van der Waals surface area (Å²) in [4.78, 5) is 30.5. The summed E-state index contributed by atoms with van der Waals surface area (Å²) in [5, 5.41) is 0.0965. The molecule has 0 radical (unpaired) electrons. The van der Waals surface area contributed by atoms with E-state index in [4.69, 9.17) is 16.3 Å². The van der Waals surface area contributed by atoms with E-state index in [1.165, 1.54) is 49.2 Å². The number of ether oxygens (including phenoxy) is 2. The standard InChI is InChI=1S/C32H32ClF4N3O6S/c1-18(2)22-8-6-7-9-23(22)31(39-17-20(34)15-26(39)29(41)38(3)4)24-14-19(33)10-12-25(24)40(30(31)42)47(43,44)28-13-11-21(45-5)16-27(28)46-32(35,36)37/h6-14,16,18,20,26H,15,17H2,1-5H3/t20-,26+,31?/m1/s1. The first-order valence-corrected chi connectivity index (χ1v) is 16.3. The number of carbonyl (C=O) groups is 2. The lowest BCUT2D eigenvalue weighted by Gasteiger charge is -2.42. The van der Waals surface area contributed by atoms with Crippen LogP contribution in [0.4, 0.5) is 23.2 Å². The average Bonchev–Trinajstić information content (AvgIpc) is 3.50. The van der Waals surface area contributed by atoms with Crippen molar-refractivity contribution in [3.63, 3.8) is 0 Å². The van der Waals surface area contributed by atoms with Crippen molar-refractivity contribution in [1.29, 1.82) is 0 Å². The Labute approximate surface area is 274 Å². The van der Waals surface area contributed by atoms with E-state index >= 15 is 9.18 Å². The number of amides is 2. The molecule has 3 aromatic rings. The predicted octanol–water partition coefficient (Wildman–Crippen LogP) is 5.85. The maximum Gasteiger partial charge on any atom is 0.573 e. The molecule has 2 aliphatic rings. The fourth-order valence-electron chi connectivity index (χ4n) is 6.43. The number of alkyl halides is 4. The highest BCUT2D eigenvalue weighted by Crippen LogP contribution is 2.55. The number of halogens is 5. The summed E-state index contributed by atoms with van der Waals surface area (Å²) in [6.07, 6.45) is -7.18. The number of methoxy groups -OCH3 is 1. The molecule has 0 spiro atoms. The third-order valence-electron chi connectivity index (χ3n) is 8.34. The van der Waals surface area contributed by atoms with E-state index in [-0.39, 0.29) is 39.9 Å². The Morgan fingerprint density at radius 3 is 2.36 bits per heavy atom. The van der Waals surface area contributed by atoms with Gasteiger partial charge in [-0.1, -0.05) is 49.7 Å². The number of rotatable bonds is 8. The molecule has 2 amide bonds. The van der Waals surface area contributed by atoms with Gasteiger partial charge >= 0.3 is 6.36 Å². The van der Waals surface area contributed by atoms with E-state index in [2.05, 4.69) is 4.74 Å². The summed E-state index contributed by atoms with van der Waals surface area (Å²) >= 11 is 6.48. The van der Waals surface area contributed by atoms with Crippen LogP contribution in [0.2, 0.25) is 5.02 Å². The van der Waals surface area contributed by atoms with Crippen molar-refractivity contribution in [2.24, 2.45) is 0 Å². The van der Waals surface area contributed by atoms with Crippen molar-refractivity contribution in [2.75, 3.05) is 32.1 Å². The van der Waals surface area contributed by atoms with Crippen LogP contribution in [0, 0.1) is 0 Å². The molecule has 0 bridgehead atoms. The lowest BCUT2D eigenvalue weighted by molar-refractivity contribution is -0.275. The van der Waals surface area contributed by atoms with E-state index in [0.717, 1.165) is 18.2 Å². The number of fused-ring (bicyclic) bond motifs is 1. The van der Waals surface area contributed by atoms with Crippen LogP contribution in [-0.2, 0) is 25.2 Å². The van der Waals surface area contributed by atoms with Gasteiger partial charge in [-0.3, -0.25) is 14.5 Å². The van der Waals surface area contributed by atoms with E-state index < -0.39 is 63.1 Å². The number of sulfonamides is 1. The second-order valence-electron chi connectivity index (χ2n) is 11.8. The first kappa shape index (κ1) is 34.5. The summed E-state index contributed by atoms with van der Waals surface area (Å²) in [6, 6.07) is 12.1. The predicted molar refractivity (Wildman–Crippen MR) is 166 cm³/mol. The van der Waals surface area contributed by atoms with Gasteiger partial charge in [0.05, 0.1) is 18.8 Å². The molecule has 15 heteroatoms. The van der Waals surface area contributed by atoms with Gasteiger partial charge in [0.2, 0.25) is 5.91 Å². The Kier molecular flexibility index (Phi) is 9.01. The summed E-state index contributed by atoms with van der Waals surface area (Å²) < 4.78 is 94.7. The molecule has 1 fully saturated rings. The molecule has 2 aliphatic heterocycles. The van der Waals surface area contributed by atoms with Gasteiger partial charge in [-0.05, 0) is 47.4 Å². The molecule has 3 aromatic carbocycles. The highest BCUT2D eigenvalue weighted by atomic mass is 35.5. The second-order valence-corrected chi connectivity index (χ2v) is 14.0. The summed E-state index contributed by atoms with van der Waals surface area (Å²) in [5.74, 6) is -3.20. The van der Waals surface area contributed by atoms with Crippen LogP contribution >= 0.6 is 11.6 Å². The van der Waals surface area contributed by atoms with Gasteiger partial charge < -0.3 is 14.4 Å². The van der Waals surface area contributed by atoms with Crippen LogP contribution in [-0.4, -0.2) is 76.4 Å². The molecule has 0 saturated carbocycles. The van der Waals surface area contributed by atoms with Gasteiger partial charge in [0.1, 0.15) is 16.8 Å². The molecule has 1 unspecified atom stereocenters. The molecular formula is C32H32ClF4N3O6S. The van der Waals surface area contributed by atoms with Crippen LogP contribution in [0.3, 0.4) is 0 Å². The lowest BCUT2D eigenvalue weighted by Crippen LogP contribution is -2.59. The number of hydrogen-bond donors (Lipinski definition) is 0. The van der Waals surface area contributed by atoms with Crippen molar-refractivity contribution in [3.05, 3.63) is 82.4 Å². The molecule has 0 aliphatic carbocycles. The van der Waals surface area contributed by atoms with Gasteiger partial charge in [-0.2, -0.15) is 0 Å². The van der Waals surface area contributed by atoms with Crippen molar-refractivity contribution < 1.29 is 45.0 Å². The van der Waals surface area contributed by atoms with Crippen LogP contribution in [0.1, 0.15) is 42.9 Å². The largest absolute Gasteiger partial charge is 0.573 e. The van der Waals surface area contributed by atoms with Crippen LogP contribution in [0.25, 0.3) is 0 Å². The Morgan fingerprint density at radius 2 is 1.74 bits per heavy atom. The van der Waals surface area contributed by atoms with Crippen LogP contribution in [0.5, 0.6) is 11.5 Å². The normalized spacial score (nSPS) is 21.7. The lowest BCUT2D eigenvalue weighted by atomic mass is 9.77. The fourth-order valence-corrected chi connectivity index (χ4v) is 8.16.